The Labute approximate surface area is 101 Å². The van der Waals surface area contributed by atoms with Gasteiger partial charge in [0.05, 0.1) is 5.92 Å². The van der Waals surface area contributed by atoms with Crippen LogP contribution >= 0.6 is 0 Å². The Morgan fingerprint density at radius 1 is 1.35 bits per heavy atom. The molecule has 17 heavy (non-hydrogen) atoms. The summed E-state index contributed by atoms with van der Waals surface area (Å²) in [6.45, 7) is 2.62. The minimum atomic E-state index is -4.06. The van der Waals surface area contributed by atoms with Gasteiger partial charge in [-0.05, 0) is 38.0 Å². The van der Waals surface area contributed by atoms with Crippen LogP contribution in [0.5, 0.6) is 0 Å². The van der Waals surface area contributed by atoms with Crippen molar-refractivity contribution in [3.05, 3.63) is 0 Å². The van der Waals surface area contributed by atoms with Gasteiger partial charge in [0.25, 0.3) is 0 Å². The maximum absolute atomic E-state index is 12.5. The highest BCUT2D eigenvalue weighted by Gasteiger charge is 2.45. The highest BCUT2D eigenvalue weighted by atomic mass is 19.4. The molecule has 0 aromatic carbocycles. The zero-order chi connectivity index (χ0) is 13.1. The maximum atomic E-state index is 12.5. The van der Waals surface area contributed by atoms with E-state index in [4.69, 9.17) is 10.5 Å². The highest BCUT2D eigenvalue weighted by molar-refractivity contribution is 4.94. The molecule has 1 rings (SSSR count). The summed E-state index contributed by atoms with van der Waals surface area (Å²) in [4.78, 5) is 0. The van der Waals surface area contributed by atoms with Gasteiger partial charge in [-0.1, -0.05) is 6.92 Å². The molecule has 2 nitrogen and oxygen atoms in total. The molecule has 1 aliphatic carbocycles. The van der Waals surface area contributed by atoms with Crippen LogP contribution in [0.2, 0.25) is 0 Å². The van der Waals surface area contributed by atoms with E-state index in [0.717, 1.165) is 6.42 Å². The zero-order valence-electron chi connectivity index (χ0n) is 10.5. The molecule has 1 saturated carbocycles. The minimum absolute atomic E-state index is 0.164. The van der Waals surface area contributed by atoms with Crippen molar-refractivity contribution in [2.75, 3.05) is 13.7 Å². The average molecular weight is 253 g/mol. The van der Waals surface area contributed by atoms with E-state index in [9.17, 15) is 13.2 Å². The first-order valence-electron chi connectivity index (χ1n) is 6.14. The monoisotopic (exact) mass is 253 g/mol. The van der Waals surface area contributed by atoms with E-state index in [1.54, 1.807) is 7.11 Å². The van der Waals surface area contributed by atoms with Gasteiger partial charge in [-0.15, -0.1) is 0 Å². The lowest BCUT2D eigenvalue weighted by Crippen LogP contribution is -2.50. The molecule has 102 valence electrons. The first-order valence-corrected chi connectivity index (χ1v) is 6.14. The molecule has 5 heteroatoms. The van der Waals surface area contributed by atoms with Crippen LogP contribution in [-0.4, -0.2) is 25.4 Å². The van der Waals surface area contributed by atoms with Crippen molar-refractivity contribution in [1.82, 2.24) is 0 Å². The second-order valence-electron chi connectivity index (χ2n) is 5.23. The normalized spacial score (nSPS) is 32.5. The number of halogens is 3. The molecule has 1 aliphatic rings. The van der Waals surface area contributed by atoms with Crippen LogP contribution in [0.3, 0.4) is 0 Å². The Bertz CT molecular complexity index is 234. The van der Waals surface area contributed by atoms with Gasteiger partial charge in [0.1, 0.15) is 0 Å². The van der Waals surface area contributed by atoms with Crippen molar-refractivity contribution in [1.29, 1.82) is 0 Å². The molecule has 2 N–H and O–H groups in total. The first kappa shape index (κ1) is 14.8. The number of hydrogen-bond acceptors (Lipinski definition) is 2. The standard InChI is InChI=1S/C12H22F3NO/c1-9(5-8-17-2)11(16)6-3-10(4-7-11)12(13,14)15/h9-10H,3-8,16H2,1-2H3. The SMILES string of the molecule is COCCC(C)C1(N)CCC(C(F)(F)F)CC1. The van der Waals surface area contributed by atoms with Gasteiger partial charge < -0.3 is 10.5 Å². The third kappa shape index (κ3) is 3.85. The van der Waals surface area contributed by atoms with Crippen molar-refractivity contribution in [2.24, 2.45) is 17.6 Å². The summed E-state index contributed by atoms with van der Waals surface area (Å²) < 4.78 is 42.6. The molecule has 0 aromatic rings. The first-order chi connectivity index (χ1) is 7.79. The molecular formula is C12H22F3NO. The third-order valence-electron chi connectivity index (χ3n) is 4.12. The Kier molecular flexibility index (Phi) is 4.84. The number of nitrogens with two attached hydrogens (primary N) is 1. The molecule has 1 atom stereocenters. The fraction of sp³-hybridized carbons (Fsp3) is 1.00. The van der Waals surface area contributed by atoms with Crippen molar-refractivity contribution in [3.8, 4) is 0 Å². The molecule has 1 unspecified atom stereocenters. The number of rotatable bonds is 4. The van der Waals surface area contributed by atoms with E-state index in [2.05, 4.69) is 0 Å². The molecule has 0 heterocycles. The van der Waals surface area contributed by atoms with Crippen LogP contribution in [0.15, 0.2) is 0 Å². The van der Waals surface area contributed by atoms with Gasteiger partial charge in [0.15, 0.2) is 0 Å². The maximum Gasteiger partial charge on any atom is 0.391 e. The van der Waals surface area contributed by atoms with E-state index in [1.165, 1.54) is 0 Å². The van der Waals surface area contributed by atoms with Crippen molar-refractivity contribution >= 4 is 0 Å². The highest BCUT2D eigenvalue weighted by Crippen LogP contribution is 2.43. The summed E-state index contributed by atoms with van der Waals surface area (Å²) in [5.74, 6) is -0.953. The van der Waals surface area contributed by atoms with Gasteiger partial charge >= 0.3 is 6.18 Å². The molecule has 0 bridgehead atoms. The number of methoxy groups -OCH3 is 1. The summed E-state index contributed by atoms with van der Waals surface area (Å²) >= 11 is 0. The third-order valence-corrected chi connectivity index (χ3v) is 4.12. The van der Waals surface area contributed by atoms with Gasteiger partial charge in [-0.25, -0.2) is 0 Å². The van der Waals surface area contributed by atoms with Crippen LogP contribution in [0.4, 0.5) is 13.2 Å². The lowest BCUT2D eigenvalue weighted by atomic mass is 9.70. The predicted molar refractivity (Wildman–Crippen MR) is 60.6 cm³/mol. The Morgan fingerprint density at radius 3 is 2.29 bits per heavy atom. The fourth-order valence-electron chi connectivity index (χ4n) is 2.56. The van der Waals surface area contributed by atoms with Gasteiger partial charge in [-0.2, -0.15) is 13.2 Å². The summed E-state index contributed by atoms with van der Waals surface area (Å²) in [5.41, 5.74) is 5.78. The minimum Gasteiger partial charge on any atom is -0.385 e. The molecule has 0 aliphatic heterocycles. The smallest absolute Gasteiger partial charge is 0.385 e. The number of alkyl halides is 3. The summed E-state index contributed by atoms with van der Waals surface area (Å²) in [6, 6.07) is 0. The fourth-order valence-corrected chi connectivity index (χ4v) is 2.56. The molecule has 0 aromatic heterocycles. The lowest BCUT2D eigenvalue weighted by molar-refractivity contribution is -0.185. The van der Waals surface area contributed by atoms with Gasteiger partial charge in [0, 0.05) is 19.3 Å². The quantitative estimate of drug-likeness (QED) is 0.835. The lowest BCUT2D eigenvalue weighted by Gasteiger charge is -2.42. The molecule has 0 radical (unpaired) electrons. The molecule has 1 fully saturated rings. The Balaban J connectivity index is 2.48. The summed E-state index contributed by atoms with van der Waals surface area (Å²) in [5, 5.41) is 0. The second kappa shape index (κ2) is 5.57. The van der Waals surface area contributed by atoms with Crippen LogP contribution < -0.4 is 5.73 Å². The van der Waals surface area contributed by atoms with E-state index in [0.29, 0.717) is 19.4 Å². The van der Waals surface area contributed by atoms with Crippen molar-refractivity contribution in [3.63, 3.8) is 0 Å². The Morgan fingerprint density at radius 2 is 1.88 bits per heavy atom. The largest absolute Gasteiger partial charge is 0.391 e. The topological polar surface area (TPSA) is 35.2 Å². The average Bonchev–Trinajstić information content (AvgIpc) is 2.25. The number of ether oxygens (including phenoxy) is 1. The van der Waals surface area contributed by atoms with Crippen LogP contribution in [0.1, 0.15) is 39.0 Å². The second-order valence-corrected chi connectivity index (χ2v) is 5.23. The van der Waals surface area contributed by atoms with Crippen molar-refractivity contribution in [2.45, 2.75) is 50.7 Å². The van der Waals surface area contributed by atoms with E-state index in [1.807, 2.05) is 6.92 Å². The van der Waals surface area contributed by atoms with E-state index in [-0.39, 0.29) is 18.8 Å². The van der Waals surface area contributed by atoms with Crippen molar-refractivity contribution < 1.29 is 17.9 Å². The molecule has 0 saturated heterocycles. The van der Waals surface area contributed by atoms with Crippen LogP contribution in [0, 0.1) is 11.8 Å². The zero-order valence-corrected chi connectivity index (χ0v) is 10.5. The molecular weight excluding hydrogens is 231 g/mol. The molecule has 0 amide bonds. The summed E-state index contributed by atoms with van der Waals surface area (Å²) in [7, 11) is 1.62. The van der Waals surface area contributed by atoms with Crippen LogP contribution in [-0.2, 0) is 4.74 Å². The predicted octanol–water partition coefficient (Wildman–Crippen LogP) is 3.11. The number of hydrogen-bond donors (Lipinski definition) is 1. The van der Waals surface area contributed by atoms with E-state index < -0.39 is 17.6 Å². The van der Waals surface area contributed by atoms with Crippen LogP contribution in [0.25, 0.3) is 0 Å². The van der Waals surface area contributed by atoms with Gasteiger partial charge in [0.2, 0.25) is 0 Å². The summed E-state index contributed by atoms with van der Waals surface area (Å²) in [6.07, 6.45) is -2.00. The Hall–Kier alpha value is -0.290. The van der Waals surface area contributed by atoms with Gasteiger partial charge in [-0.3, -0.25) is 0 Å². The van der Waals surface area contributed by atoms with E-state index >= 15 is 0 Å². The molecule has 0 spiro atoms.